The molecule has 0 aromatic heterocycles. The van der Waals surface area contributed by atoms with Crippen LogP contribution in [0.1, 0.15) is 23.1 Å². The second-order valence-electron chi connectivity index (χ2n) is 8.04. The Hall–Kier alpha value is -3.40. The van der Waals surface area contributed by atoms with Crippen LogP contribution < -0.4 is 15.4 Å². The maximum absolute atomic E-state index is 5.76. The SMILES string of the molecule is c1ccc(OCCNCCCNC(c2ccccc2)(c2ccccc2)c2ccccc2)cc1. The fraction of sp³-hybridized carbons (Fsp3) is 0.200. The average Bonchev–Trinajstić information content (AvgIpc) is 2.90. The van der Waals surface area contributed by atoms with Crippen molar-refractivity contribution in [3.05, 3.63) is 138 Å². The number of ether oxygens (including phenoxy) is 1. The summed E-state index contributed by atoms with van der Waals surface area (Å²) in [5.41, 5.74) is 3.32. The second-order valence-corrected chi connectivity index (χ2v) is 8.04. The Labute approximate surface area is 197 Å². The van der Waals surface area contributed by atoms with Crippen molar-refractivity contribution in [2.45, 2.75) is 12.0 Å². The number of rotatable bonds is 12. The van der Waals surface area contributed by atoms with Gasteiger partial charge in [0.2, 0.25) is 0 Å². The smallest absolute Gasteiger partial charge is 0.119 e. The van der Waals surface area contributed by atoms with Crippen LogP contribution in [0.4, 0.5) is 0 Å². The fourth-order valence-corrected chi connectivity index (χ4v) is 4.24. The lowest BCUT2D eigenvalue weighted by Gasteiger charge is -2.37. The molecule has 2 N–H and O–H groups in total. The molecule has 0 heterocycles. The first-order chi connectivity index (χ1) is 16.4. The van der Waals surface area contributed by atoms with Crippen molar-refractivity contribution in [2.24, 2.45) is 0 Å². The van der Waals surface area contributed by atoms with Gasteiger partial charge in [-0.25, -0.2) is 0 Å². The predicted octanol–water partition coefficient (Wildman–Crippen LogP) is 5.63. The highest BCUT2D eigenvalue weighted by molar-refractivity contribution is 5.49. The van der Waals surface area contributed by atoms with Crippen molar-refractivity contribution >= 4 is 0 Å². The molecule has 0 amide bonds. The van der Waals surface area contributed by atoms with E-state index in [1.54, 1.807) is 0 Å². The minimum Gasteiger partial charge on any atom is -0.492 e. The van der Waals surface area contributed by atoms with Crippen LogP contribution in [0.25, 0.3) is 0 Å². The molecule has 0 saturated carbocycles. The normalized spacial score (nSPS) is 11.3. The predicted molar refractivity (Wildman–Crippen MR) is 137 cm³/mol. The molecule has 0 unspecified atom stereocenters. The number of benzene rings is 4. The van der Waals surface area contributed by atoms with Gasteiger partial charge in [0.15, 0.2) is 0 Å². The lowest BCUT2D eigenvalue weighted by molar-refractivity contribution is 0.313. The molecule has 33 heavy (non-hydrogen) atoms. The quantitative estimate of drug-likeness (QED) is 0.223. The van der Waals surface area contributed by atoms with Crippen LogP contribution in [0.3, 0.4) is 0 Å². The van der Waals surface area contributed by atoms with E-state index in [9.17, 15) is 0 Å². The highest BCUT2D eigenvalue weighted by Gasteiger charge is 2.35. The van der Waals surface area contributed by atoms with E-state index in [1.807, 2.05) is 30.3 Å². The molecule has 0 bridgehead atoms. The van der Waals surface area contributed by atoms with E-state index in [1.165, 1.54) is 16.7 Å². The van der Waals surface area contributed by atoms with Gasteiger partial charge >= 0.3 is 0 Å². The van der Waals surface area contributed by atoms with Gasteiger partial charge in [0.25, 0.3) is 0 Å². The first kappa shape index (κ1) is 22.8. The number of hydrogen-bond acceptors (Lipinski definition) is 3. The van der Waals surface area contributed by atoms with Crippen molar-refractivity contribution in [1.82, 2.24) is 10.6 Å². The van der Waals surface area contributed by atoms with Crippen molar-refractivity contribution in [2.75, 3.05) is 26.2 Å². The molecule has 168 valence electrons. The monoisotopic (exact) mass is 436 g/mol. The standard InChI is InChI=1S/C30H32N2O/c1-5-14-26(15-6-1)30(27-16-7-2-8-17-27,28-18-9-3-10-19-28)32-23-13-22-31-24-25-33-29-20-11-4-12-21-29/h1-12,14-21,31-32H,13,22-25H2. The van der Waals surface area contributed by atoms with Crippen LogP contribution in [0, 0.1) is 0 Å². The first-order valence-electron chi connectivity index (χ1n) is 11.7. The van der Waals surface area contributed by atoms with Gasteiger partial charge in [-0.3, -0.25) is 5.32 Å². The fourth-order valence-electron chi connectivity index (χ4n) is 4.24. The zero-order valence-electron chi connectivity index (χ0n) is 19.0. The Morgan fingerprint density at radius 3 is 1.45 bits per heavy atom. The third kappa shape index (κ3) is 5.89. The van der Waals surface area contributed by atoms with E-state index in [4.69, 9.17) is 4.74 Å². The van der Waals surface area contributed by atoms with E-state index in [-0.39, 0.29) is 0 Å². The van der Waals surface area contributed by atoms with E-state index >= 15 is 0 Å². The minimum absolute atomic E-state index is 0.403. The molecule has 0 spiro atoms. The summed E-state index contributed by atoms with van der Waals surface area (Å²) in [5.74, 6) is 0.916. The topological polar surface area (TPSA) is 33.3 Å². The Morgan fingerprint density at radius 1 is 0.515 bits per heavy atom. The largest absolute Gasteiger partial charge is 0.492 e. The zero-order valence-corrected chi connectivity index (χ0v) is 19.0. The molecule has 0 fully saturated rings. The minimum atomic E-state index is -0.403. The average molecular weight is 437 g/mol. The van der Waals surface area contributed by atoms with E-state index in [0.29, 0.717) is 6.61 Å². The summed E-state index contributed by atoms with van der Waals surface area (Å²) in [6, 6.07) is 42.2. The molecular weight excluding hydrogens is 404 g/mol. The van der Waals surface area contributed by atoms with E-state index in [2.05, 4.69) is 102 Å². The number of para-hydroxylation sites is 1. The Kier molecular flexibility index (Phi) is 8.29. The maximum atomic E-state index is 5.76. The van der Waals surface area contributed by atoms with Crippen LogP contribution in [0.15, 0.2) is 121 Å². The zero-order chi connectivity index (χ0) is 22.6. The van der Waals surface area contributed by atoms with Crippen LogP contribution in [0.2, 0.25) is 0 Å². The summed E-state index contributed by atoms with van der Waals surface area (Å²) in [5, 5.41) is 7.42. The molecule has 4 aromatic rings. The molecule has 4 aromatic carbocycles. The first-order valence-corrected chi connectivity index (χ1v) is 11.7. The molecule has 0 atom stereocenters. The summed E-state index contributed by atoms with van der Waals surface area (Å²) in [6.45, 7) is 3.31. The third-order valence-corrected chi connectivity index (χ3v) is 5.83. The van der Waals surface area contributed by atoms with Gasteiger partial charge in [-0.05, 0) is 48.3 Å². The summed E-state index contributed by atoms with van der Waals surface area (Å²) >= 11 is 0. The van der Waals surface area contributed by atoms with Crippen molar-refractivity contribution in [3.8, 4) is 5.75 Å². The Bertz CT molecular complexity index is 957. The van der Waals surface area contributed by atoms with Crippen molar-refractivity contribution in [1.29, 1.82) is 0 Å². The third-order valence-electron chi connectivity index (χ3n) is 5.83. The summed E-state index contributed by atoms with van der Waals surface area (Å²) in [7, 11) is 0. The van der Waals surface area contributed by atoms with Crippen LogP contribution in [-0.4, -0.2) is 26.2 Å². The summed E-state index contributed by atoms with van der Waals surface area (Å²) in [4.78, 5) is 0. The molecule has 0 aliphatic heterocycles. The lowest BCUT2D eigenvalue weighted by atomic mass is 9.77. The molecule has 0 aliphatic rings. The Morgan fingerprint density at radius 2 is 0.970 bits per heavy atom. The van der Waals surface area contributed by atoms with Gasteiger partial charge in [0, 0.05) is 6.54 Å². The van der Waals surface area contributed by atoms with E-state index < -0.39 is 5.54 Å². The van der Waals surface area contributed by atoms with Crippen molar-refractivity contribution < 1.29 is 4.74 Å². The van der Waals surface area contributed by atoms with Crippen LogP contribution in [0.5, 0.6) is 5.75 Å². The maximum Gasteiger partial charge on any atom is 0.119 e. The van der Waals surface area contributed by atoms with Gasteiger partial charge in [0.05, 0.1) is 5.54 Å². The summed E-state index contributed by atoms with van der Waals surface area (Å²) < 4.78 is 5.76. The van der Waals surface area contributed by atoms with Gasteiger partial charge in [0.1, 0.15) is 12.4 Å². The summed E-state index contributed by atoms with van der Waals surface area (Å²) in [6.07, 6.45) is 1.01. The highest BCUT2D eigenvalue weighted by atomic mass is 16.5. The molecule has 3 heteroatoms. The number of nitrogens with one attached hydrogen (secondary N) is 2. The molecule has 3 nitrogen and oxygen atoms in total. The molecule has 0 radical (unpaired) electrons. The molecule has 0 saturated heterocycles. The molecular formula is C30H32N2O. The number of hydrogen-bond donors (Lipinski definition) is 2. The van der Waals surface area contributed by atoms with Gasteiger partial charge in [-0.15, -0.1) is 0 Å². The van der Waals surface area contributed by atoms with Crippen LogP contribution >= 0.6 is 0 Å². The highest BCUT2D eigenvalue weighted by Crippen LogP contribution is 2.36. The van der Waals surface area contributed by atoms with E-state index in [0.717, 1.165) is 31.8 Å². The Balaban J connectivity index is 1.41. The molecule has 0 aliphatic carbocycles. The van der Waals surface area contributed by atoms with Gasteiger partial charge in [-0.2, -0.15) is 0 Å². The van der Waals surface area contributed by atoms with Crippen molar-refractivity contribution in [3.63, 3.8) is 0 Å². The molecule has 4 rings (SSSR count). The second kappa shape index (κ2) is 12.0. The van der Waals surface area contributed by atoms with Gasteiger partial charge in [-0.1, -0.05) is 109 Å². The lowest BCUT2D eigenvalue weighted by Crippen LogP contribution is -2.45. The van der Waals surface area contributed by atoms with Crippen LogP contribution in [-0.2, 0) is 5.54 Å². The van der Waals surface area contributed by atoms with Gasteiger partial charge < -0.3 is 10.1 Å².